The van der Waals surface area contributed by atoms with Crippen LogP contribution in [0.3, 0.4) is 0 Å². The summed E-state index contributed by atoms with van der Waals surface area (Å²) in [6.45, 7) is 4.78. The third-order valence-corrected chi connectivity index (χ3v) is 2.03. The molecule has 1 fully saturated rings. The van der Waals surface area contributed by atoms with E-state index in [9.17, 15) is 9.59 Å². The van der Waals surface area contributed by atoms with E-state index in [-0.39, 0.29) is 0 Å². The van der Waals surface area contributed by atoms with Crippen molar-refractivity contribution < 1.29 is 14.3 Å². The first-order valence-electron chi connectivity index (χ1n) is 4.72. The second kappa shape index (κ2) is 5.35. The van der Waals surface area contributed by atoms with Crippen LogP contribution in [0.2, 0.25) is 0 Å². The average molecular weight is 213 g/mol. The summed E-state index contributed by atoms with van der Waals surface area (Å²) in [5.41, 5.74) is 0. The summed E-state index contributed by atoms with van der Waals surface area (Å²) in [5, 5.41) is 4.58. The molecule has 0 aliphatic carbocycles. The summed E-state index contributed by atoms with van der Waals surface area (Å²) < 4.78 is 4.89. The van der Waals surface area contributed by atoms with E-state index in [1.807, 2.05) is 0 Å². The average Bonchev–Trinajstić information content (AvgIpc) is 2.15. The summed E-state index contributed by atoms with van der Waals surface area (Å²) in [5.74, 6) is 0.321. The normalized spacial score (nSPS) is 16.3. The molecule has 4 amide bonds. The Hall–Kier alpha value is -1.56. The van der Waals surface area contributed by atoms with Crippen molar-refractivity contribution >= 4 is 12.1 Å². The van der Waals surface area contributed by atoms with Gasteiger partial charge in [0, 0.05) is 20.3 Å². The number of methoxy groups -OCH3 is 1. The Bertz CT molecular complexity index is 258. The fraction of sp³-hybridized carbons (Fsp3) is 0.556. The fourth-order valence-corrected chi connectivity index (χ4v) is 1.27. The largest absolute Gasteiger partial charge is 0.385 e. The molecule has 1 rings (SSSR count). The quantitative estimate of drug-likeness (QED) is 0.658. The molecule has 84 valence electrons. The van der Waals surface area contributed by atoms with Crippen molar-refractivity contribution in [3.05, 3.63) is 12.4 Å². The molecule has 0 aromatic rings. The molecule has 0 atom stereocenters. The number of urea groups is 2. The molecule has 15 heavy (non-hydrogen) atoms. The lowest BCUT2D eigenvalue weighted by Crippen LogP contribution is -2.55. The predicted molar refractivity (Wildman–Crippen MR) is 54.0 cm³/mol. The van der Waals surface area contributed by atoms with Crippen molar-refractivity contribution in [3.63, 3.8) is 0 Å². The standard InChI is InChI=1S/C9H15N3O3/c1-7-10-8(13)11-9(14)12(7)5-3-4-6-15-2/h1,3-6H2,2H3,(H2,10,11,13,14). The number of unbranched alkanes of at least 4 members (excludes halogenated alkanes) is 1. The molecular formula is C9H15N3O3. The lowest BCUT2D eigenvalue weighted by atomic mass is 10.3. The van der Waals surface area contributed by atoms with Gasteiger partial charge in [-0.15, -0.1) is 0 Å². The van der Waals surface area contributed by atoms with Crippen LogP contribution in [0.4, 0.5) is 9.59 Å². The van der Waals surface area contributed by atoms with Gasteiger partial charge in [0.25, 0.3) is 0 Å². The lowest BCUT2D eigenvalue weighted by molar-refractivity contribution is 0.179. The first-order valence-corrected chi connectivity index (χ1v) is 4.72. The van der Waals surface area contributed by atoms with Crippen LogP contribution in [0.1, 0.15) is 12.8 Å². The van der Waals surface area contributed by atoms with Crippen LogP contribution in [0.25, 0.3) is 0 Å². The Balaban J connectivity index is 2.36. The minimum Gasteiger partial charge on any atom is -0.385 e. The Labute approximate surface area is 88.3 Å². The molecule has 0 radical (unpaired) electrons. The first kappa shape index (κ1) is 11.5. The van der Waals surface area contributed by atoms with Gasteiger partial charge < -0.3 is 4.74 Å². The zero-order valence-electron chi connectivity index (χ0n) is 8.71. The van der Waals surface area contributed by atoms with Crippen molar-refractivity contribution in [2.24, 2.45) is 0 Å². The maximum atomic E-state index is 11.3. The zero-order valence-corrected chi connectivity index (χ0v) is 8.71. The molecule has 0 aromatic heterocycles. The van der Waals surface area contributed by atoms with Crippen LogP contribution in [-0.4, -0.2) is 37.2 Å². The Morgan fingerprint density at radius 2 is 2.07 bits per heavy atom. The van der Waals surface area contributed by atoms with Crippen molar-refractivity contribution in [2.45, 2.75) is 12.8 Å². The minimum atomic E-state index is -0.529. The van der Waals surface area contributed by atoms with Gasteiger partial charge in [0.15, 0.2) is 0 Å². The monoisotopic (exact) mass is 213 g/mol. The number of ether oxygens (including phenoxy) is 1. The highest BCUT2D eigenvalue weighted by Gasteiger charge is 2.24. The van der Waals surface area contributed by atoms with Gasteiger partial charge in [-0.25, -0.2) is 9.59 Å². The number of hydrogen-bond donors (Lipinski definition) is 2. The predicted octanol–water partition coefficient (Wildman–Crippen LogP) is 0.619. The van der Waals surface area contributed by atoms with Gasteiger partial charge in [-0.3, -0.25) is 15.5 Å². The minimum absolute atomic E-state index is 0.321. The van der Waals surface area contributed by atoms with Crippen molar-refractivity contribution in [3.8, 4) is 0 Å². The summed E-state index contributed by atoms with van der Waals surface area (Å²) >= 11 is 0. The lowest BCUT2D eigenvalue weighted by Gasteiger charge is -2.28. The van der Waals surface area contributed by atoms with Crippen LogP contribution in [0.15, 0.2) is 12.4 Å². The second-order valence-corrected chi connectivity index (χ2v) is 3.18. The first-order chi connectivity index (χ1) is 7.15. The molecule has 0 spiro atoms. The van der Waals surface area contributed by atoms with Crippen molar-refractivity contribution in [1.29, 1.82) is 0 Å². The molecule has 6 heteroatoms. The van der Waals surface area contributed by atoms with Crippen LogP contribution >= 0.6 is 0 Å². The SMILES string of the molecule is C=C1NC(=O)NC(=O)N1CCCCOC. The van der Waals surface area contributed by atoms with Gasteiger partial charge in [-0.1, -0.05) is 6.58 Å². The van der Waals surface area contributed by atoms with E-state index >= 15 is 0 Å². The fourth-order valence-electron chi connectivity index (χ4n) is 1.27. The van der Waals surface area contributed by atoms with Gasteiger partial charge in [-0.2, -0.15) is 0 Å². The zero-order chi connectivity index (χ0) is 11.3. The van der Waals surface area contributed by atoms with Gasteiger partial charge in [-0.05, 0) is 12.8 Å². The third-order valence-electron chi connectivity index (χ3n) is 2.03. The highest BCUT2D eigenvalue weighted by molar-refractivity contribution is 5.97. The number of imide groups is 1. The van der Waals surface area contributed by atoms with E-state index in [1.165, 1.54) is 4.90 Å². The van der Waals surface area contributed by atoms with Crippen molar-refractivity contribution in [2.75, 3.05) is 20.3 Å². The summed E-state index contributed by atoms with van der Waals surface area (Å²) in [6, 6.07) is -0.959. The van der Waals surface area contributed by atoms with E-state index in [4.69, 9.17) is 4.74 Å². The molecule has 0 unspecified atom stereocenters. The maximum Gasteiger partial charge on any atom is 0.331 e. The Morgan fingerprint density at radius 3 is 2.67 bits per heavy atom. The molecule has 0 saturated carbocycles. The Kier molecular flexibility index (Phi) is 4.11. The van der Waals surface area contributed by atoms with Crippen LogP contribution in [0.5, 0.6) is 0 Å². The molecule has 1 aliphatic rings. The summed E-state index contributed by atoms with van der Waals surface area (Å²) in [6.07, 6.45) is 1.66. The van der Waals surface area contributed by atoms with Crippen LogP contribution in [-0.2, 0) is 4.74 Å². The van der Waals surface area contributed by atoms with E-state index in [0.29, 0.717) is 19.0 Å². The van der Waals surface area contributed by atoms with E-state index in [1.54, 1.807) is 7.11 Å². The number of rotatable bonds is 5. The summed E-state index contributed by atoms with van der Waals surface area (Å²) in [4.78, 5) is 23.6. The number of carbonyl (C=O) groups excluding carboxylic acids is 2. The molecule has 6 nitrogen and oxygen atoms in total. The van der Waals surface area contributed by atoms with Crippen LogP contribution < -0.4 is 10.6 Å². The number of hydrogen-bond acceptors (Lipinski definition) is 3. The molecule has 1 heterocycles. The molecule has 1 saturated heterocycles. The van der Waals surface area contributed by atoms with Crippen LogP contribution in [0, 0.1) is 0 Å². The van der Waals surface area contributed by atoms with Gasteiger partial charge in [0.1, 0.15) is 5.82 Å². The molecular weight excluding hydrogens is 198 g/mol. The van der Waals surface area contributed by atoms with E-state index in [0.717, 1.165) is 12.8 Å². The van der Waals surface area contributed by atoms with E-state index in [2.05, 4.69) is 17.2 Å². The second-order valence-electron chi connectivity index (χ2n) is 3.18. The molecule has 2 N–H and O–H groups in total. The number of carbonyl (C=O) groups is 2. The molecule has 0 aromatic carbocycles. The number of amides is 4. The smallest absolute Gasteiger partial charge is 0.331 e. The molecule has 1 aliphatic heterocycles. The number of nitrogens with one attached hydrogen (secondary N) is 2. The number of nitrogens with zero attached hydrogens (tertiary/aromatic N) is 1. The molecule has 0 bridgehead atoms. The van der Waals surface area contributed by atoms with E-state index < -0.39 is 12.1 Å². The Morgan fingerprint density at radius 1 is 1.33 bits per heavy atom. The topological polar surface area (TPSA) is 70.7 Å². The summed E-state index contributed by atoms with van der Waals surface area (Å²) in [7, 11) is 1.63. The van der Waals surface area contributed by atoms with Crippen molar-refractivity contribution in [1.82, 2.24) is 15.5 Å². The van der Waals surface area contributed by atoms with Gasteiger partial charge in [0.2, 0.25) is 0 Å². The van der Waals surface area contributed by atoms with Gasteiger partial charge in [0.05, 0.1) is 0 Å². The third kappa shape index (κ3) is 3.25. The highest BCUT2D eigenvalue weighted by Crippen LogP contribution is 2.06. The van der Waals surface area contributed by atoms with Gasteiger partial charge >= 0.3 is 12.1 Å². The highest BCUT2D eigenvalue weighted by atomic mass is 16.5. The maximum absolute atomic E-state index is 11.3.